The van der Waals surface area contributed by atoms with Gasteiger partial charge in [-0.2, -0.15) is 0 Å². The van der Waals surface area contributed by atoms with Crippen molar-refractivity contribution in [1.29, 1.82) is 0 Å². The molecule has 0 amide bonds. The van der Waals surface area contributed by atoms with Crippen molar-refractivity contribution in [1.82, 2.24) is 0 Å². The molecule has 1 saturated carbocycles. The molecule has 1 fully saturated rings. The SMILES string of the molecule is COC1=NC(C2CCCCC2)CC1. The molecule has 2 heteroatoms. The van der Waals surface area contributed by atoms with E-state index in [0.717, 1.165) is 18.2 Å². The second-order valence-electron chi connectivity index (χ2n) is 4.23. The largest absolute Gasteiger partial charge is 0.484 e. The van der Waals surface area contributed by atoms with E-state index in [1.807, 2.05) is 0 Å². The standard InChI is InChI=1S/C11H19NO/c1-13-11-8-7-10(12-11)9-5-3-2-4-6-9/h9-10H,2-8H2,1H3. The number of aliphatic imine (C=N–C) groups is 1. The van der Waals surface area contributed by atoms with Crippen LogP contribution in [0, 0.1) is 5.92 Å². The van der Waals surface area contributed by atoms with Crippen LogP contribution in [-0.4, -0.2) is 19.0 Å². The zero-order valence-electron chi connectivity index (χ0n) is 8.46. The topological polar surface area (TPSA) is 21.6 Å². The van der Waals surface area contributed by atoms with Gasteiger partial charge in [0, 0.05) is 6.42 Å². The molecule has 2 aliphatic rings. The highest BCUT2D eigenvalue weighted by Crippen LogP contribution is 2.32. The van der Waals surface area contributed by atoms with Crippen LogP contribution in [0.25, 0.3) is 0 Å². The molecule has 0 aromatic rings. The molecule has 0 spiro atoms. The van der Waals surface area contributed by atoms with E-state index in [9.17, 15) is 0 Å². The fraction of sp³-hybridized carbons (Fsp3) is 0.909. The van der Waals surface area contributed by atoms with Crippen LogP contribution in [0.15, 0.2) is 4.99 Å². The van der Waals surface area contributed by atoms with Crippen LogP contribution < -0.4 is 0 Å². The Morgan fingerprint density at radius 1 is 1.15 bits per heavy atom. The molecular weight excluding hydrogens is 162 g/mol. The lowest BCUT2D eigenvalue weighted by atomic mass is 9.83. The van der Waals surface area contributed by atoms with Crippen LogP contribution in [-0.2, 0) is 4.74 Å². The van der Waals surface area contributed by atoms with Crippen molar-refractivity contribution in [3.05, 3.63) is 0 Å². The number of nitrogens with zero attached hydrogens (tertiary/aromatic N) is 1. The van der Waals surface area contributed by atoms with Gasteiger partial charge in [0.25, 0.3) is 0 Å². The molecule has 0 aromatic carbocycles. The molecule has 1 aliphatic heterocycles. The third-order valence-electron chi connectivity index (χ3n) is 3.39. The third-order valence-corrected chi connectivity index (χ3v) is 3.39. The normalized spacial score (nSPS) is 30.2. The zero-order valence-corrected chi connectivity index (χ0v) is 8.46. The highest BCUT2D eigenvalue weighted by Gasteiger charge is 2.27. The van der Waals surface area contributed by atoms with Crippen molar-refractivity contribution in [3.63, 3.8) is 0 Å². The number of ether oxygens (including phenoxy) is 1. The van der Waals surface area contributed by atoms with Gasteiger partial charge in [0.1, 0.15) is 0 Å². The van der Waals surface area contributed by atoms with Gasteiger partial charge in [0.2, 0.25) is 0 Å². The number of hydrogen-bond donors (Lipinski definition) is 0. The van der Waals surface area contributed by atoms with E-state index in [1.165, 1.54) is 38.5 Å². The van der Waals surface area contributed by atoms with E-state index in [1.54, 1.807) is 7.11 Å². The van der Waals surface area contributed by atoms with Crippen molar-refractivity contribution in [2.75, 3.05) is 7.11 Å². The summed E-state index contributed by atoms with van der Waals surface area (Å²) in [6, 6.07) is 0.593. The van der Waals surface area contributed by atoms with Gasteiger partial charge < -0.3 is 4.74 Å². The van der Waals surface area contributed by atoms with Gasteiger partial charge in [-0.05, 0) is 25.2 Å². The summed E-state index contributed by atoms with van der Waals surface area (Å²) in [6.45, 7) is 0. The van der Waals surface area contributed by atoms with Gasteiger partial charge in [-0.1, -0.05) is 19.3 Å². The van der Waals surface area contributed by atoms with Crippen LogP contribution >= 0.6 is 0 Å². The van der Waals surface area contributed by atoms with Crippen molar-refractivity contribution in [2.24, 2.45) is 10.9 Å². The Morgan fingerprint density at radius 2 is 1.92 bits per heavy atom. The Hall–Kier alpha value is -0.530. The van der Waals surface area contributed by atoms with Gasteiger partial charge in [-0.3, -0.25) is 4.99 Å². The minimum absolute atomic E-state index is 0.593. The summed E-state index contributed by atoms with van der Waals surface area (Å²) < 4.78 is 5.18. The Labute approximate surface area is 80.4 Å². The molecule has 0 N–H and O–H groups in total. The van der Waals surface area contributed by atoms with Crippen molar-refractivity contribution < 1.29 is 4.74 Å². The van der Waals surface area contributed by atoms with Crippen LogP contribution in [0.3, 0.4) is 0 Å². The molecule has 0 bridgehead atoms. The van der Waals surface area contributed by atoms with Crippen LogP contribution in [0.1, 0.15) is 44.9 Å². The molecule has 2 nitrogen and oxygen atoms in total. The molecule has 0 saturated heterocycles. The smallest absolute Gasteiger partial charge is 0.183 e. The van der Waals surface area contributed by atoms with Gasteiger partial charge >= 0.3 is 0 Å². The maximum absolute atomic E-state index is 5.18. The summed E-state index contributed by atoms with van der Waals surface area (Å²) in [4.78, 5) is 4.62. The molecule has 13 heavy (non-hydrogen) atoms. The predicted octanol–water partition coefficient (Wildman–Crippen LogP) is 2.77. The summed E-state index contributed by atoms with van der Waals surface area (Å²) in [5.41, 5.74) is 0. The average molecular weight is 181 g/mol. The Balaban J connectivity index is 1.90. The Kier molecular flexibility index (Phi) is 2.87. The lowest BCUT2D eigenvalue weighted by Crippen LogP contribution is -2.19. The highest BCUT2D eigenvalue weighted by molar-refractivity contribution is 5.77. The van der Waals surface area contributed by atoms with Crippen LogP contribution in [0.2, 0.25) is 0 Å². The summed E-state index contributed by atoms with van der Waals surface area (Å²) in [5.74, 6) is 1.84. The maximum atomic E-state index is 5.18. The molecule has 1 heterocycles. The summed E-state index contributed by atoms with van der Waals surface area (Å²) >= 11 is 0. The van der Waals surface area contributed by atoms with Gasteiger partial charge in [0.15, 0.2) is 5.90 Å². The lowest BCUT2D eigenvalue weighted by Gasteiger charge is -2.24. The molecule has 1 atom stereocenters. The van der Waals surface area contributed by atoms with E-state index in [4.69, 9.17) is 4.74 Å². The van der Waals surface area contributed by atoms with Crippen molar-refractivity contribution >= 4 is 5.90 Å². The van der Waals surface area contributed by atoms with E-state index >= 15 is 0 Å². The fourth-order valence-corrected chi connectivity index (χ4v) is 2.60. The fourth-order valence-electron chi connectivity index (χ4n) is 2.60. The van der Waals surface area contributed by atoms with Gasteiger partial charge in [-0.25, -0.2) is 0 Å². The highest BCUT2D eigenvalue weighted by atomic mass is 16.5. The van der Waals surface area contributed by atoms with Gasteiger partial charge in [-0.15, -0.1) is 0 Å². The first kappa shape index (κ1) is 9.04. The Morgan fingerprint density at radius 3 is 2.54 bits per heavy atom. The average Bonchev–Trinajstić information content (AvgIpc) is 2.67. The first-order valence-corrected chi connectivity index (χ1v) is 5.51. The summed E-state index contributed by atoms with van der Waals surface area (Å²) in [7, 11) is 1.74. The number of rotatable bonds is 1. The van der Waals surface area contributed by atoms with Crippen LogP contribution in [0.4, 0.5) is 0 Å². The molecule has 1 unspecified atom stereocenters. The molecule has 74 valence electrons. The van der Waals surface area contributed by atoms with Crippen molar-refractivity contribution in [3.8, 4) is 0 Å². The second kappa shape index (κ2) is 4.12. The summed E-state index contributed by atoms with van der Waals surface area (Å²) in [5, 5.41) is 0. The molecule has 1 aliphatic carbocycles. The molecule has 0 aromatic heterocycles. The minimum atomic E-state index is 0.593. The number of methoxy groups -OCH3 is 1. The van der Waals surface area contributed by atoms with E-state index in [-0.39, 0.29) is 0 Å². The third kappa shape index (κ3) is 2.04. The van der Waals surface area contributed by atoms with E-state index in [0.29, 0.717) is 6.04 Å². The predicted molar refractivity (Wildman–Crippen MR) is 54.0 cm³/mol. The quantitative estimate of drug-likeness (QED) is 0.609. The Bertz CT molecular complexity index is 194. The first-order valence-electron chi connectivity index (χ1n) is 5.51. The summed E-state index contributed by atoms with van der Waals surface area (Å²) in [6.07, 6.45) is 9.35. The maximum Gasteiger partial charge on any atom is 0.183 e. The first-order chi connectivity index (χ1) is 6.40. The van der Waals surface area contributed by atoms with E-state index < -0.39 is 0 Å². The zero-order chi connectivity index (χ0) is 9.10. The second-order valence-corrected chi connectivity index (χ2v) is 4.23. The molecule has 0 radical (unpaired) electrons. The number of hydrogen-bond acceptors (Lipinski definition) is 2. The minimum Gasteiger partial charge on any atom is -0.484 e. The monoisotopic (exact) mass is 181 g/mol. The van der Waals surface area contributed by atoms with Crippen LogP contribution in [0.5, 0.6) is 0 Å². The van der Waals surface area contributed by atoms with Crippen molar-refractivity contribution in [2.45, 2.75) is 51.0 Å². The molecular formula is C11H19NO. The molecule has 2 rings (SSSR count). The van der Waals surface area contributed by atoms with E-state index in [2.05, 4.69) is 4.99 Å². The lowest BCUT2D eigenvalue weighted by molar-refractivity contribution is 0.305. The van der Waals surface area contributed by atoms with Gasteiger partial charge in [0.05, 0.1) is 13.2 Å².